The van der Waals surface area contributed by atoms with Crippen molar-refractivity contribution in [1.82, 2.24) is 5.32 Å². The van der Waals surface area contributed by atoms with Gasteiger partial charge in [-0.1, -0.05) is 44.9 Å². The molecular weight excluding hydrogens is 261 g/mol. The highest BCUT2D eigenvalue weighted by molar-refractivity contribution is 5.18. The van der Waals surface area contributed by atoms with E-state index in [0.717, 1.165) is 24.4 Å². The Kier molecular flexibility index (Phi) is 7.37. The summed E-state index contributed by atoms with van der Waals surface area (Å²) in [6.45, 7) is 12.0. The summed E-state index contributed by atoms with van der Waals surface area (Å²) in [5.74, 6) is 1.16. The summed E-state index contributed by atoms with van der Waals surface area (Å²) in [6.07, 6.45) is 4.41. The third-order valence-electron chi connectivity index (χ3n) is 4.21. The van der Waals surface area contributed by atoms with Gasteiger partial charge in [-0.25, -0.2) is 4.39 Å². The summed E-state index contributed by atoms with van der Waals surface area (Å²) in [5.41, 5.74) is 0.964. The first-order chi connectivity index (χ1) is 9.85. The first kappa shape index (κ1) is 18.2. The molecule has 0 fully saturated rings. The number of hydrogen-bond acceptors (Lipinski definition) is 1. The van der Waals surface area contributed by atoms with Crippen molar-refractivity contribution in [2.75, 3.05) is 6.54 Å². The first-order valence-electron chi connectivity index (χ1n) is 8.34. The molecule has 1 aromatic rings. The fourth-order valence-electron chi connectivity index (χ4n) is 2.76. The Morgan fingerprint density at radius 3 is 2.19 bits per heavy atom. The molecule has 2 heteroatoms. The topological polar surface area (TPSA) is 12.0 Å². The Bertz CT molecular complexity index is 404. The average Bonchev–Trinajstić information content (AvgIpc) is 2.43. The van der Waals surface area contributed by atoms with Crippen molar-refractivity contribution >= 4 is 0 Å². The van der Waals surface area contributed by atoms with Crippen LogP contribution in [0.5, 0.6) is 0 Å². The van der Waals surface area contributed by atoms with Gasteiger partial charge < -0.3 is 5.32 Å². The second-order valence-electron chi connectivity index (χ2n) is 7.21. The fraction of sp³-hybridized carbons (Fsp3) is 0.684. The maximum Gasteiger partial charge on any atom is 0.126 e. The lowest BCUT2D eigenvalue weighted by Crippen LogP contribution is -2.40. The summed E-state index contributed by atoms with van der Waals surface area (Å²) in [5, 5.41) is 3.59. The minimum atomic E-state index is -0.0668. The summed E-state index contributed by atoms with van der Waals surface area (Å²) >= 11 is 0. The van der Waals surface area contributed by atoms with Gasteiger partial charge in [-0.3, -0.25) is 0 Å². The molecule has 0 bridgehead atoms. The van der Waals surface area contributed by atoms with E-state index in [1.165, 1.54) is 19.3 Å². The lowest BCUT2D eigenvalue weighted by Gasteiger charge is -2.27. The van der Waals surface area contributed by atoms with E-state index in [0.29, 0.717) is 5.92 Å². The Morgan fingerprint density at radius 1 is 1.05 bits per heavy atom. The molecule has 1 atom stereocenters. The standard InChI is InChI=1S/C19H32FN/c1-6-15(7-2)12-16(14-21-19(3,4)5)13-17-10-8-9-11-18(17)20/h8-11,15-16,21H,6-7,12-14H2,1-5H3. The highest BCUT2D eigenvalue weighted by Crippen LogP contribution is 2.23. The molecule has 21 heavy (non-hydrogen) atoms. The molecule has 0 aliphatic carbocycles. The van der Waals surface area contributed by atoms with Crippen molar-refractivity contribution in [1.29, 1.82) is 0 Å². The molecule has 0 aliphatic heterocycles. The van der Waals surface area contributed by atoms with Crippen molar-refractivity contribution in [2.45, 2.75) is 65.8 Å². The van der Waals surface area contributed by atoms with Gasteiger partial charge in [-0.2, -0.15) is 0 Å². The van der Waals surface area contributed by atoms with Crippen LogP contribution in [0.1, 0.15) is 59.4 Å². The van der Waals surface area contributed by atoms with Crippen LogP contribution in [0, 0.1) is 17.7 Å². The van der Waals surface area contributed by atoms with Crippen molar-refractivity contribution in [3.05, 3.63) is 35.6 Å². The molecule has 1 rings (SSSR count). The average molecular weight is 293 g/mol. The normalized spacial score (nSPS) is 13.7. The quantitative estimate of drug-likeness (QED) is 0.694. The summed E-state index contributed by atoms with van der Waals surface area (Å²) in [6, 6.07) is 7.19. The van der Waals surface area contributed by atoms with Crippen LogP contribution in [0.15, 0.2) is 24.3 Å². The van der Waals surface area contributed by atoms with Gasteiger partial charge in [-0.05, 0) is 63.6 Å². The van der Waals surface area contributed by atoms with Gasteiger partial charge in [0.15, 0.2) is 0 Å². The molecule has 0 aromatic heterocycles. The van der Waals surface area contributed by atoms with Crippen LogP contribution in [0.3, 0.4) is 0 Å². The van der Waals surface area contributed by atoms with Crippen LogP contribution < -0.4 is 5.32 Å². The van der Waals surface area contributed by atoms with Crippen molar-refractivity contribution in [3.63, 3.8) is 0 Å². The molecule has 0 amide bonds. The molecule has 1 unspecified atom stereocenters. The zero-order valence-electron chi connectivity index (χ0n) is 14.4. The molecule has 0 saturated heterocycles. The Labute approximate surface area is 130 Å². The Balaban J connectivity index is 2.73. The third kappa shape index (κ3) is 7.08. The van der Waals surface area contributed by atoms with Crippen LogP contribution in [0.4, 0.5) is 4.39 Å². The van der Waals surface area contributed by atoms with E-state index >= 15 is 0 Å². The molecule has 0 aliphatic rings. The van der Waals surface area contributed by atoms with Gasteiger partial charge in [0.05, 0.1) is 0 Å². The fourth-order valence-corrected chi connectivity index (χ4v) is 2.76. The molecular formula is C19H32FN. The predicted molar refractivity (Wildman–Crippen MR) is 90.0 cm³/mol. The van der Waals surface area contributed by atoms with Crippen molar-refractivity contribution in [3.8, 4) is 0 Å². The molecule has 0 spiro atoms. The molecule has 0 saturated carbocycles. The lowest BCUT2D eigenvalue weighted by atomic mass is 9.86. The van der Waals surface area contributed by atoms with E-state index < -0.39 is 0 Å². The van der Waals surface area contributed by atoms with Gasteiger partial charge in [0.2, 0.25) is 0 Å². The minimum absolute atomic E-state index is 0.0668. The van der Waals surface area contributed by atoms with Crippen molar-refractivity contribution < 1.29 is 4.39 Å². The van der Waals surface area contributed by atoms with Crippen LogP contribution in [0.2, 0.25) is 0 Å². The van der Waals surface area contributed by atoms with Crippen LogP contribution in [-0.2, 0) is 6.42 Å². The number of hydrogen-bond donors (Lipinski definition) is 1. The van der Waals surface area contributed by atoms with E-state index in [1.807, 2.05) is 12.1 Å². The van der Waals surface area contributed by atoms with E-state index in [4.69, 9.17) is 0 Å². The third-order valence-corrected chi connectivity index (χ3v) is 4.21. The van der Waals surface area contributed by atoms with Crippen LogP contribution in [-0.4, -0.2) is 12.1 Å². The van der Waals surface area contributed by atoms with E-state index in [-0.39, 0.29) is 11.4 Å². The van der Waals surface area contributed by atoms with Crippen molar-refractivity contribution in [2.24, 2.45) is 11.8 Å². The van der Waals surface area contributed by atoms with E-state index in [9.17, 15) is 4.39 Å². The zero-order chi connectivity index (χ0) is 15.9. The Morgan fingerprint density at radius 2 is 1.67 bits per heavy atom. The monoisotopic (exact) mass is 293 g/mol. The van der Waals surface area contributed by atoms with Crippen LogP contribution in [0.25, 0.3) is 0 Å². The van der Waals surface area contributed by atoms with Gasteiger partial charge in [-0.15, -0.1) is 0 Å². The minimum Gasteiger partial charge on any atom is -0.312 e. The number of halogens is 1. The summed E-state index contributed by atoms with van der Waals surface area (Å²) in [4.78, 5) is 0. The number of benzene rings is 1. The summed E-state index contributed by atoms with van der Waals surface area (Å²) in [7, 11) is 0. The predicted octanol–water partition coefficient (Wildman–Crippen LogP) is 5.20. The molecule has 1 nitrogen and oxygen atoms in total. The van der Waals surface area contributed by atoms with Gasteiger partial charge in [0.1, 0.15) is 5.82 Å². The molecule has 0 radical (unpaired) electrons. The summed E-state index contributed by atoms with van der Waals surface area (Å²) < 4.78 is 13.9. The largest absolute Gasteiger partial charge is 0.312 e. The highest BCUT2D eigenvalue weighted by atomic mass is 19.1. The number of nitrogens with one attached hydrogen (secondary N) is 1. The molecule has 0 heterocycles. The highest BCUT2D eigenvalue weighted by Gasteiger charge is 2.19. The second kappa shape index (κ2) is 8.53. The van der Waals surface area contributed by atoms with E-state index in [2.05, 4.69) is 39.9 Å². The smallest absolute Gasteiger partial charge is 0.126 e. The molecule has 1 aromatic carbocycles. The zero-order valence-corrected chi connectivity index (χ0v) is 14.4. The number of rotatable bonds is 8. The van der Waals surface area contributed by atoms with E-state index in [1.54, 1.807) is 12.1 Å². The molecule has 1 N–H and O–H groups in total. The SMILES string of the molecule is CCC(CC)CC(CNC(C)(C)C)Cc1ccccc1F. The Hall–Kier alpha value is -0.890. The first-order valence-corrected chi connectivity index (χ1v) is 8.34. The maximum absolute atomic E-state index is 13.9. The van der Waals surface area contributed by atoms with Gasteiger partial charge in [0.25, 0.3) is 0 Å². The van der Waals surface area contributed by atoms with Gasteiger partial charge in [0, 0.05) is 5.54 Å². The molecule has 120 valence electrons. The van der Waals surface area contributed by atoms with Crippen LogP contribution >= 0.6 is 0 Å². The lowest BCUT2D eigenvalue weighted by molar-refractivity contribution is 0.304. The van der Waals surface area contributed by atoms with Gasteiger partial charge >= 0.3 is 0 Å². The maximum atomic E-state index is 13.9. The second-order valence-corrected chi connectivity index (χ2v) is 7.21.